The Balaban J connectivity index is 1.66. The lowest BCUT2D eigenvalue weighted by molar-refractivity contribution is -0.137. The van der Waals surface area contributed by atoms with Gasteiger partial charge in [-0.1, -0.05) is 6.07 Å². The van der Waals surface area contributed by atoms with E-state index < -0.39 is 11.7 Å². The van der Waals surface area contributed by atoms with Crippen molar-refractivity contribution < 1.29 is 18.0 Å². The van der Waals surface area contributed by atoms with Crippen LogP contribution in [0.5, 0.6) is 0 Å². The predicted molar refractivity (Wildman–Crippen MR) is 88.5 cm³/mol. The first-order valence-electron chi connectivity index (χ1n) is 7.99. The van der Waals surface area contributed by atoms with Gasteiger partial charge in [0.25, 0.3) is 5.91 Å². The number of anilines is 1. The van der Waals surface area contributed by atoms with Gasteiger partial charge in [-0.05, 0) is 37.3 Å². The lowest BCUT2D eigenvalue weighted by atomic mass is 10.1. The molecule has 7 heteroatoms. The lowest BCUT2D eigenvalue weighted by Crippen LogP contribution is -2.48. The topological polar surface area (TPSA) is 36.4 Å². The van der Waals surface area contributed by atoms with Crippen LogP contribution in [0.2, 0.25) is 0 Å². The summed E-state index contributed by atoms with van der Waals surface area (Å²) in [7, 11) is 0. The fourth-order valence-electron chi connectivity index (χ4n) is 2.82. The highest BCUT2D eigenvalue weighted by Gasteiger charge is 2.31. The Labute approximate surface area is 143 Å². The molecule has 0 N–H and O–H groups in total. The van der Waals surface area contributed by atoms with E-state index in [1.807, 2.05) is 11.8 Å². The molecule has 1 aromatic carbocycles. The summed E-state index contributed by atoms with van der Waals surface area (Å²) >= 11 is 0. The fraction of sp³-hybridized carbons (Fsp3) is 0.333. The Morgan fingerprint density at radius 3 is 2.40 bits per heavy atom. The van der Waals surface area contributed by atoms with Crippen LogP contribution in [0, 0.1) is 6.92 Å². The maximum absolute atomic E-state index is 12.8. The molecule has 4 nitrogen and oxygen atoms in total. The number of nitrogens with zero attached hydrogens (tertiary/aromatic N) is 3. The van der Waals surface area contributed by atoms with Gasteiger partial charge < -0.3 is 9.80 Å². The number of hydrogen-bond acceptors (Lipinski definition) is 3. The highest BCUT2D eigenvalue weighted by molar-refractivity contribution is 5.94. The monoisotopic (exact) mass is 349 g/mol. The van der Waals surface area contributed by atoms with Crippen molar-refractivity contribution in [3.63, 3.8) is 0 Å². The van der Waals surface area contributed by atoms with Gasteiger partial charge in [0.05, 0.1) is 11.1 Å². The maximum Gasteiger partial charge on any atom is 0.416 e. The second kappa shape index (κ2) is 6.74. The normalized spacial score (nSPS) is 15.4. The van der Waals surface area contributed by atoms with Crippen molar-refractivity contribution in [2.45, 2.75) is 13.1 Å². The summed E-state index contributed by atoms with van der Waals surface area (Å²) in [5, 5.41) is 0. The van der Waals surface area contributed by atoms with Gasteiger partial charge in [-0.2, -0.15) is 13.2 Å². The third kappa shape index (κ3) is 3.92. The highest BCUT2D eigenvalue weighted by Crippen LogP contribution is 2.31. The van der Waals surface area contributed by atoms with Crippen molar-refractivity contribution in [1.82, 2.24) is 9.88 Å². The number of carbonyl (C=O) groups is 1. The van der Waals surface area contributed by atoms with Crippen LogP contribution >= 0.6 is 0 Å². The largest absolute Gasteiger partial charge is 0.416 e. The summed E-state index contributed by atoms with van der Waals surface area (Å²) < 4.78 is 38.5. The minimum absolute atomic E-state index is 0.101. The first kappa shape index (κ1) is 17.3. The Morgan fingerprint density at radius 2 is 1.80 bits per heavy atom. The van der Waals surface area contributed by atoms with Gasteiger partial charge in [0.1, 0.15) is 0 Å². The summed E-state index contributed by atoms with van der Waals surface area (Å²) in [6, 6.07) is 8.81. The second-order valence-electron chi connectivity index (χ2n) is 6.02. The van der Waals surface area contributed by atoms with Gasteiger partial charge in [-0.3, -0.25) is 9.78 Å². The molecule has 2 heterocycles. The zero-order valence-corrected chi connectivity index (χ0v) is 13.8. The van der Waals surface area contributed by atoms with Gasteiger partial charge in [-0.25, -0.2) is 0 Å². The second-order valence-corrected chi connectivity index (χ2v) is 6.02. The van der Waals surface area contributed by atoms with Crippen LogP contribution in [0.4, 0.5) is 18.9 Å². The van der Waals surface area contributed by atoms with Gasteiger partial charge in [-0.15, -0.1) is 0 Å². The summed E-state index contributed by atoms with van der Waals surface area (Å²) in [5.41, 5.74) is 1.23. The number of hydrogen-bond donors (Lipinski definition) is 0. The van der Waals surface area contributed by atoms with E-state index in [1.54, 1.807) is 29.3 Å². The molecule has 0 bridgehead atoms. The molecule has 132 valence electrons. The van der Waals surface area contributed by atoms with Crippen molar-refractivity contribution in [2.24, 2.45) is 0 Å². The van der Waals surface area contributed by atoms with Crippen LogP contribution in [0.1, 0.15) is 21.6 Å². The van der Waals surface area contributed by atoms with Crippen molar-refractivity contribution in [2.75, 3.05) is 31.1 Å². The molecule has 1 fully saturated rings. The standard InChI is InChI=1S/C18H18F3N3O/c1-13-5-6-14(12-22-13)17(25)24-9-7-23(8-10-24)16-4-2-3-15(11-16)18(19,20)21/h2-6,11-12H,7-10H2,1H3. The molecule has 1 aliphatic rings. The van der Waals surface area contributed by atoms with Crippen LogP contribution in [-0.2, 0) is 6.18 Å². The lowest BCUT2D eigenvalue weighted by Gasteiger charge is -2.36. The fourth-order valence-corrected chi connectivity index (χ4v) is 2.82. The number of amides is 1. The number of aromatic nitrogens is 1. The van der Waals surface area contributed by atoms with Crippen LogP contribution in [-0.4, -0.2) is 42.0 Å². The van der Waals surface area contributed by atoms with Gasteiger partial charge in [0, 0.05) is 43.8 Å². The molecule has 2 aromatic rings. The molecule has 25 heavy (non-hydrogen) atoms. The molecule has 0 aliphatic carbocycles. The Hall–Kier alpha value is -2.57. The van der Waals surface area contributed by atoms with Crippen molar-refractivity contribution in [3.8, 4) is 0 Å². The summed E-state index contributed by atoms with van der Waals surface area (Å²) in [5.74, 6) is -0.101. The van der Waals surface area contributed by atoms with E-state index in [-0.39, 0.29) is 5.91 Å². The molecule has 1 aromatic heterocycles. The van der Waals surface area contributed by atoms with E-state index in [1.165, 1.54) is 6.07 Å². The minimum Gasteiger partial charge on any atom is -0.368 e. The molecule has 0 spiro atoms. The Bertz CT molecular complexity index is 751. The van der Waals surface area contributed by atoms with E-state index in [0.717, 1.165) is 17.8 Å². The molecular weight excluding hydrogens is 331 g/mol. The van der Waals surface area contributed by atoms with E-state index in [2.05, 4.69) is 4.98 Å². The van der Waals surface area contributed by atoms with E-state index in [4.69, 9.17) is 0 Å². The zero-order chi connectivity index (χ0) is 18.0. The third-order valence-electron chi connectivity index (χ3n) is 4.26. The Morgan fingerprint density at radius 1 is 1.08 bits per heavy atom. The zero-order valence-electron chi connectivity index (χ0n) is 13.8. The van der Waals surface area contributed by atoms with E-state index in [0.29, 0.717) is 37.4 Å². The molecule has 0 atom stereocenters. The SMILES string of the molecule is Cc1ccc(C(=O)N2CCN(c3cccc(C(F)(F)F)c3)CC2)cn1. The molecular formula is C18H18F3N3O. The molecule has 1 aliphatic heterocycles. The first-order chi connectivity index (χ1) is 11.8. The average molecular weight is 349 g/mol. The van der Waals surface area contributed by atoms with Crippen LogP contribution in [0.15, 0.2) is 42.6 Å². The van der Waals surface area contributed by atoms with Gasteiger partial charge >= 0.3 is 6.18 Å². The summed E-state index contributed by atoms with van der Waals surface area (Å²) in [4.78, 5) is 20.2. The number of rotatable bonds is 2. The smallest absolute Gasteiger partial charge is 0.368 e. The molecule has 0 radical (unpaired) electrons. The van der Waals surface area contributed by atoms with Crippen LogP contribution < -0.4 is 4.90 Å². The maximum atomic E-state index is 12.8. The number of benzene rings is 1. The highest BCUT2D eigenvalue weighted by atomic mass is 19.4. The quantitative estimate of drug-likeness (QED) is 0.834. The average Bonchev–Trinajstić information content (AvgIpc) is 2.61. The Kier molecular flexibility index (Phi) is 4.65. The van der Waals surface area contributed by atoms with Crippen LogP contribution in [0.3, 0.4) is 0 Å². The molecule has 0 unspecified atom stereocenters. The number of pyridine rings is 1. The number of halogens is 3. The molecule has 1 amide bonds. The number of carbonyl (C=O) groups excluding carboxylic acids is 1. The van der Waals surface area contributed by atoms with Crippen molar-refractivity contribution in [1.29, 1.82) is 0 Å². The van der Waals surface area contributed by atoms with Crippen molar-refractivity contribution >= 4 is 11.6 Å². The number of alkyl halides is 3. The minimum atomic E-state index is -4.35. The predicted octanol–water partition coefficient (Wildman–Crippen LogP) is 3.37. The van der Waals surface area contributed by atoms with Crippen molar-refractivity contribution in [3.05, 3.63) is 59.4 Å². The van der Waals surface area contributed by atoms with Gasteiger partial charge in [0.15, 0.2) is 0 Å². The third-order valence-corrected chi connectivity index (χ3v) is 4.26. The van der Waals surface area contributed by atoms with E-state index in [9.17, 15) is 18.0 Å². The number of aryl methyl sites for hydroxylation is 1. The summed E-state index contributed by atoms with van der Waals surface area (Å²) in [6.07, 6.45) is -2.80. The molecule has 3 rings (SSSR count). The van der Waals surface area contributed by atoms with E-state index >= 15 is 0 Å². The van der Waals surface area contributed by atoms with Crippen LogP contribution in [0.25, 0.3) is 0 Å². The first-order valence-corrected chi connectivity index (χ1v) is 7.99. The summed E-state index contributed by atoms with van der Waals surface area (Å²) in [6.45, 7) is 3.76. The molecule has 0 saturated carbocycles. The van der Waals surface area contributed by atoms with Gasteiger partial charge in [0.2, 0.25) is 0 Å². The number of piperazine rings is 1. The molecule has 1 saturated heterocycles.